The molecule has 0 radical (unpaired) electrons. The van der Waals surface area contributed by atoms with E-state index in [0.29, 0.717) is 6.42 Å². The van der Waals surface area contributed by atoms with Gasteiger partial charge in [-0.15, -0.1) is 0 Å². The van der Waals surface area contributed by atoms with E-state index in [-0.39, 0.29) is 0 Å². The molecule has 0 saturated heterocycles. The molecule has 0 aliphatic carbocycles. The molecule has 0 aliphatic heterocycles. The van der Waals surface area contributed by atoms with Crippen LogP contribution in [0.1, 0.15) is 58.8 Å². The smallest absolute Gasteiger partial charge is 0.316 e. The molecular formula is C12H24O2S. The molecular weight excluding hydrogens is 208 g/mol. The molecule has 1 unspecified atom stereocenters. The number of thiol groups is 1. The van der Waals surface area contributed by atoms with Crippen LogP contribution in [0.2, 0.25) is 0 Å². The molecule has 2 nitrogen and oxygen atoms in total. The van der Waals surface area contributed by atoms with Crippen LogP contribution in [0.5, 0.6) is 0 Å². The highest BCUT2D eigenvalue weighted by Crippen LogP contribution is 2.13. The zero-order chi connectivity index (χ0) is 11.7. The van der Waals surface area contributed by atoms with Gasteiger partial charge in [0.15, 0.2) is 0 Å². The second-order valence-electron chi connectivity index (χ2n) is 4.59. The van der Waals surface area contributed by atoms with Crippen molar-refractivity contribution in [1.29, 1.82) is 0 Å². The lowest BCUT2D eigenvalue weighted by atomic mass is 10.0. The highest BCUT2D eigenvalue weighted by molar-refractivity contribution is 7.81. The maximum atomic E-state index is 10.5. The van der Waals surface area contributed by atoms with Gasteiger partial charge in [0.2, 0.25) is 0 Å². The van der Waals surface area contributed by atoms with E-state index in [2.05, 4.69) is 26.5 Å². The summed E-state index contributed by atoms with van der Waals surface area (Å²) in [5.74, 6) is 0.0111. The summed E-state index contributed by atoms with van der Waals surface area (Å²) in [5, 5.41) is 8.14. The quantitative estimate of drug-likeness (QED) is 0.469. The Balaban J connectivity index is 3.15. The van der Waals surface area contributed by atoms with Crippen molar-refractivity contribution in [2.24, 2.45) is 5.92 Å². The van der Waals surface area contributed by atoms with Crippen molar-refractivity contribution in [2.75, 3.05) is 0 Å². The zero-order valence-corrected chi connectivity index (χ0v) is 10.8. The van der Waals surface area contributed by atoms with Crippen molar-refractivity contribution in [3.05, 3.63) is 0 Å². The summed E-state index contributed by atoms with van der Waals surface area (Å²) < 4.78 is 0. The van der Waals surface area contributed by atoms with Gasteiger partial charge in [-0.25, -0.2) is 0 Å². The third-order valence-electron chi connectivity index (χ3n) is 2.54. The molecule has 0 bridgehead atoms. The molecule has 0 heterocycles. The molecule has 0 fully saturated rings. The number of carboxylic acid groups (broad SMARTS) is 1. The zero-order valence-electron chi connectivity index (χ0n) is 9.91. The fourth-order valence-electron chi connectivity index (χ4n) is 1.54. The van der Waals surface area contributed by atoms with Gasteiger partial charge in [0.05, 0.1) is 5.25 Å². The Labute approximate surface area is 98.9 Å². The van der Waals surface area contributed by atoms with Crippen LogP contribution < -0.4 is 0 Å². The number of aliphatic carboxylic acids is 1. The SMILES string of the molecule is CC(C)CCCCCCCC(S)C(=O)O. The summed E-state index contributed by atoms with van der Waals surface area (Å²) in [7, 11) is 0. The fourth-order valence-corrected chi connectivity index (χ4v) is 1.73. The maximum Gasteiger partial charge on any atom is 0.316 e. The molecule has 0 aliphatic rings. The summed E-state index contributed by atoms with van der Waals surface area (Å²) in [5.41, 5.74) is 0. The van der Waals surface area contributed by atoms with Crippen molar-refractivity contribution >= 4 is 18.6 Å². The molecule has 15 heavy (non-hydrogen) atoms. The van der Waals surface area contributed by atoms with Gasteiger partial charge in [0.25, 0.3) is 0 Å². The molecule has 3 heteroatoms. The Bertz CT molecular complexity index is 169. The molecule has 0 aromatic carbocycles. The molecule has 1 N–H and O–H groups in total. The van der Waals surface area contributed by atoms with Crippen molar-refractivity contribution in [3.8, 4) is 0 Å². The van der Waals surface area contributed by atoms with E-state index in [1.54, 1.807) is 0 Å². The van der Waals surface area contributed by atoms with Crippen LogP contribution in [0, 0.1) is 5.92 Å². The minimum atomic E-state index is -0.793. The average Bonchev–Trinajstić information content (AvgIpc) is 2.15. The number of carboxylic acids is 1. The first-order valence-corrected chi connectivity index (χ1v) is 6.46. The standard InChI is InChI=1S/C12H24O2S/c1-10(2)8-6-4-3-5-7-9-11(15)12(13)14/h10-11,15H,3-9H2,1-2H3,(H,13,14). The van der Waals surface area contributed by atoms with E-state index in [4.69, 9.17) is 5.11 Å². The van der Waals surface area contributed by atoms with Crippen molar-refractivity contribution < 1.29 is 9.90 Å². The largest absolute Gasteiger partial charge is 0.480 e. The lowest BCUT2D eigenvalue weighted by Gasteiger charge is -2.06. The number of hydrogen-bond acceptors (Lipinski definition) is 2. The minimum Gasteiger partial charge on any atom is -0.480 e. The Kier molecular flexibility index (Phi) is 8.97. The molecule has 1 atom stereocenters. The molecule has 0 amide bonds. The van der Waals surface area contributed by atoms with Gasteiger partial charge >= 0.3 is 5.97 Å². The van der Waals surface area contributed by atoms with Crippen molar-refractivity contribution in [2.45, 2.75) is 64.0 Å². The molecule has 0 aromatic rings. The van der Waals surface area contributed by atoms with Crippen LogP contribution >= 0.6 is 12.6 Å². The van der Waals surface area contributed by atoms with E-state index in [1.807, 2.05) is 0 Å². The predicted octanol–water partition coefficient (Wildman–Crippen LogP) is 3.76. The molecule has 0 rings (SSSR count). The van der Waals surface area contributed by atoms with E-state index >= 15 is 0 Å². The van der Waals surface area contributed by atoms with Crippen molar-refractivity contribution in [3.63, 3.8) is 0 Å². The Morgan fingerprint density at radius 1 is 1.07 bits per heavy atom. The summed E-state index contributed by atoms with van der Waals surface area (Å²) >= 11 is 4.00. The molecule has 0 aromatic heterocycles. The molecule has 0 spiro atoms. The van der Waals surface area contributed by atoms with Crippen LogP contribution in [0.4, 0.5) is 0 Å². The summed E-state index contributed by atoms with van der Waals surface area (Å²) in [6, 6.07) is 0. The Hall–Kier alpha value is -0.180. The second kappa shape index (κ2) is 9.08. The Morgan fingerprint density at radius 2 is 1.53 bits per heavy atom. The first-order chi connectivity index (χ1) is 7.04. The van der Waals surface area contributed by atoms with Gasteiger partial charge in [0, 0.05) is 0 Å². The first-order valence-electron chi connectivity index (χ1n) is 5.95. The minimum absolute atomic E-state index is 0.472. The first kappa shape index (κ1) is 14.8. The van der Waals surface area contributed by atoms with Gasteiger partial charge in [-0.1, -0.05) is 52.4 Å². The van der Waals surface area contributed by atoms with Crippen LogP contribution in [0.3, 0.4) is 0 Å². The average molecular weight is 232 g/mol. The monoisotopic (exact) mass is 232 g/mol. The van der Waals surface area contributed by atoms with E-state index < -0.39 is 11.2 Å². The lowest BCUT2D eigenvalue weighted by molar-refractivity contribution is -0.136. The van der Waals surface area contributed by atoms with E-state index in [9.17, 15) is 4.79 Å². The maximum absolute atomic E-state index is 10.5. The third-order valence-corrected chi connectivity index (χ3v) is 3.02. The highest BCUT2D eigenvalue weighted by atomic mass is 32.1. The highest BCUT2D eigenvalue weighted by Gasteiger charge is 2.10. The van der Waals surface area contributed by atoms with Crippen LogP contribution in [-0.4, -0.2) is 16.3 Å². The topological polar surface area (TPSA) is 37.3 Å². The number of hydrogen-bond donors (Lipinski definition) is 2. The molecule has 0 saturated carbocycles. The number of unbranched alkanes of at least 4 members (excludes halogenated alkanes) is 4. The lowest BCUT2D eigenvalue weighted by Crippen LogP contribution is -2.12. The normalized spacial score (nSPS) is 13.1. The number of carbonyl (C=O) groups is 1. The van der Waals surface area contributed by atoms with Crippen molar-refractivity contribution in [1.82, 2.24) is 0 Å². The van der Waals surface area contributed by atoms with E-state index in [0.717, 1.165) is 18.8 Å². The predicted molar refractivity (Wildman–Crippen MR) is 67.6 cm³/mol. The number of rotatable bonds is 9. The summed E-state index contributed by atoms with van der Waals surface area (Å²) in [6.45, 7) is 4.50. The fraction of sp³-hybridized carbons (Fsp3) is 0.917. The van der Waals surface area contributed by atoms with Gasteiger partial charge < -0.3 is 5.11 Å². The summed E-state index contributed by atoms with van der Waals surface area (Å²) in [4.78, 5) is 10.5. The van der Waals surface area contributed by atoms with Gasteiger partial charge in [0.1, 0.15) is 0 Å². The second-order valence-corrected chi connectivity index (χ2v) is 5.22. The van der Waals surface area contributed by atoms with E-state index in [1.165, 1.54) is 25.7 Å². The summed E-state index contributed by atoms with van der Waals surface area (Å²) in [6.07, 6.45) is 7.95. The van der Waals surface area contributed by atoms with Crippen LogP contribution in [0.15, 0.2) is 0 Å². The van der Waals surface area contributed by atoms with Gasteiger partial charge in [-0.3, -0.25) is 4.79 Å². The van der Waals surface area contributed by atoms with Gasteiger partial charge in [-0.2, -0.15) is 12.6 Å². The third kappa shape index (κ3) is 10.1. The Morgan fingerprint density at radius 3 is 2.00 bits per heavy atom. The van der Waals surface area contributed by atoms with Gasteiger partial charge in [-0.05, 0) is 12.3 Å². The molecule has 90 valence electrons. The van der Waals surface area contributed by atoms with Crippen LogP contribution in [-0.2, 0) is 4.79 Å². The van der Waals surface area contributed by atoms with Crippen LogP contribution in [0.25, 0.3) is 0 Å².